The smallest absolute Gasteiger partial charge is 0.274 e. The van der Waals surface area contributed by atoms with Crippen LogP contribution in [0.15, 0.2) is 24.3 Å². The van der Waals surface area contributed by atoms with Crippen LogP contribution < -0.4 is 5.32 Å². The Hall–Kier alpha value is -1.40. The number of hydrogen-bond donors (Lipinski definition) is 2. The lowest BCUT2D eigenvalue weighted by Crippen LogP contribution is -2.22. The molecular formula is C13H19NO4S. The SMILES string of the molecule is CC(C)(C)Cc1ccc(NC(=O)CS(=O)(=O)O)cc1. The van der Waals surface area contributed by atoms with Gasteiger partial charge in [0, 0.05) is 5.69 Å². The number of carbonyl (C=O) groups is 1. The summed E-state index contributed by atoms with van der Waals surface area (Å²) in [4.78, 5) is 11.3. The second-order valence-electron chi connectivity index (χ2n) is 5.71. The molecule has 0 bridgehead atoms. The van der Waals surface area contributed by atoms with Crippen molar-refractivity contribution < 1.29 is 17.8 Å². The molecule has 0 saturated heterocycles. The molecule has 1 aromatic carbocycles. The van der Waals surface area contributed by atoms with E-state index in [0.29, 0.717) is 5.69 Å². The van der Waals surface area contributed by atoms with E-state index in [2.05, 4.69) is 26.1 Å². The molecule has 0 atom stereocenters. The minimum Gasteiger partial charge on any atom is -0.325 e. The van der Waals surface area contributed by atoms with Gasteiger partial charge in [0.1, 0.15) is 0 Å². The van der Waals surface area contributed by atoms with Crippen molar-refractivity contribution in [2.75, 3.05) is 11.1 Å². The Labute approximate surface area is 113 Å². The summed E-state index contributed by atoms with van der Waals surface area (Å²) in [7, 11) is -4.29. The third kappa shape index (κ3) is 6.93. The molecule has 1 aromatic rings. The van der Waals surface area contributed by atoms with Crippen LogP contribution in [0.1, 0.15) is 26.3 Å². The van der Waals surface area contributed by atoms with Crippen LogP contribution in [0, 0.1) is 5.41 Å². The first-order valence-electron chi connectivity index (χ1n) is 5.89. The van der Waals surface area contributed by atoms with Crippen molar-refractivity contribution in [1.29, 1.82) is 0 Å². The van der Waals surface area contributed by atoms with Crippen molar-refractivity contribution in [3.05, 3.63) is 29.8 Å². The zero-order valence-corrected chi connectivity index (χ0v) is 12.1. The van der Waals surface area contributed by atoms with Crippen molar-refractivity contribution in [2.45, 2.75) is 27.2 Å². The van der Waals surface area contributed by atoms with Crippen LogP contribution >= 0.6 is 0 Å². The number of hydrogen-bond acceptors (Lipinski definition) is 3. The summed E-state index contributed by atoms with van der Waals surface area (Å²) in [5.41, 5.74) is 1.82. The van der Waals surface area contributed by atoms with E-state index >= 15 is 0 Å². The zero-order chi connectivity index (χ0) is 14.7. The van der Waals surface area contributed by atoms with Gasteiger partial charge in [-0.25, -0.2) is 0 Å². The Balaban J connectivity index is 2.65. The summed E-state index contributed by atoms with van der Waals surface area (Å²) < 4.78 is 29.6. The average Bonchev–Trinajstić information content (AvgIpc) is 2.15. The van der Waals surface area contributed by atoms with Crippen LogP contribution in [0.5, 0.6) is 0 Å². The normalized spacial score (nSPS) is 12.2. The van der Waals surface area contributed by atoms with Crippen molar-refractivity contribution in [3.8, 4) is 0 Å². The molecule has 1 amide bonds. The topological polar surface area (TPSA) is 83.5 Å². The highest BCUT2D eigenvalue weighted by Gasteiger charge is 2.13. The van der Waals surface area contributed by atoms with Crippen LogP contribution in [0.2, 0.25) is 0 Å². The molecule has 0 spiro atoms. The van der Waals surface area contributed by atoms with Crippen LogP contribution in [0.25, 0.3) is 0 Å². The molecule has 0 aliphatic heterocycles. The monoisotopic (exact) mass is 285 g/mol. The zero-order valence-electron chi connectivity index (χ0n) is 11.3. The number of rotatable bonds is 4. The molecule has 19 heavy (non-hydrogen) atoms. The maximum Gasteiger partial charge on any atom is 0.274 e. The first-order valence-corrected chi connectivity index (χ1v) is 7.50. The Kier molecular flexibility index (Phi) is 4.70. The van der Waals surface area contributed by atoms with Gasteiger partial charge in [0.25, 0.3) is 10.1 Å². The number of carbonyl (C=O) groups excluding carboxylic acids is 1. The van der Waals surface area contributed by atoms with Crippen molar-refractivity contribution in [3.63, 3.8) is 0 Å². The number of nitrogens with one attached hydrogen (secondary N) is 1. The van der Waals surface area contributed by atoms with E-state index in [9.17, 15) is 13.2 Å². The summed E-state index contributed by atoms with van der Waals surface area (Å²) in [6.45, 7) is 6.40. The molecule has 6 heteroatoms. The van der Waals surface area contributed by atoms with Gasteiger partial charge in [-0.2, -0.15) is 8.42 Å². The molecular weight excluding hydrogens is 266 g/mol. The van der Waals surface area contributed by atoms with E-state index in [1.54, 1.807) is 12.1 Å². The van der Waals surface area contributed by atoms with Crippen LogP contribution in [-0.2, 0) is 21.3 Å². The minimum atomic E-state index is -4.29. The molecule has 5 nitrogen and oxygen atoms in total. The molecule has 0 unspecified atom stereocenters. The maximum absolute atomic E-state index is 11.3. The standard InChI is InChI=1S/C13H19NO4S/c1-13(2,3)8-10-4-6-11(7-5-10)14-12(15)9-19(16,17)18/h4-7H,8-9H2,1-3H3,(H,14,15)(H,16,17,18). The van der Waals surface area contributed by atoms with Gasteiger partial charge >= 0.3 is 0 Å². The lowest BCUT2D eigenvalue weighted by molar-refractivity contribution is -0.113. The molecule has 106 valence electrons. The molecule has 1 rings (SSSR count). The number of amides is 1. The van der Waals surface area contributed by atoms with Crippen molar-refractivity contribution in [1.82, 2.24) is 0 Å². The van der Waals surface area contributed by atoms with E-state index in [1.807, 2.05) is 12.1 Å². The predicted molar refractivity (Wildman–Crippen MR) is 74.6 cm³/mol. The van der Waals surface area contributed by atoms with Gasteiger partial charge in [-0.3, -0.25) is 9.35 Å². The molecule has 0 aliphatic rings. The highest BCUT2D eigenvalue weighted by atomic mass is 32.2. The second-order valence-corrected chi connectivity index (χ2v) is 7.16. The van der Waals surface area contributed by atoms with E-state index in [-0.39, 0.29) is 5.41 Å². The van der Waals surface area contributed by atoms with Gasteiger partial charge in [0.15, 0.2) is 5.75 Å². The molecule has 2 N–H and O–H groups in total. The highest BCUT2D eigenvalue weighted by molar-refractivity contribution is 7.86. The Bertz CT molecular complexity index is 541. The lowest BCUT2D eigenvalue weighted by atomic mass is 9.88. The summed E-state index contributed by atoms with van der Waals surface area (Å²) in [6.07, 6.45) is 0.909. The fraction of sp³-hybridized carbons (Fsp3) is 0.462. The third-order valence-corrected chi connectivity index (χ3v) is 2.91. The fourth-order valence-corrected chi connectivity index (χ4v) is 2.08. The Morgan fingerprint density at radius 3 is 2.16 bits per heavy atom. The first kappa shape index (κ1) is 15.7. The van der Waals surface area contributed by atoms with Gasteiger partial charge in [-0.15, -0.1) is 0 Å². The Morgan fingerprint density at radius 2 is 1.74 bits per heavy atom. The molecule has 0 fully saturated rings. The summed E-state index contributed by atoms with van der Waals surface area (Å²) in [5, 5.41) is 2.41. The van der Waals surface area contributed by atoms with Crippen LogP contribution in [-0.4, -0.2) is 24.6 Å². The number of benzene rings is 1. The quantitative estimate of drug-likeness (QED) is 0.830. The molecule has 0 aromatic heterocycles. The predicted octanol–water partition coefficient (Wildman–Crippen LogP) is 2.10. The molecule has 0 radical (unpaired) electrons. The molecule has 0 saturated carbocycles. The minimum absolute atomic E-state index is 0.176. The summed E-state index contributed by atoms with van der Waals surface area (Å²) >= 11 is 0. The van der Waals surface area contributed by atoms with E-state index in [4.69, 9.17) is 4.55 Å². The highest BCUT2D eigenvalue weighted by Crippen LogP contribution is 2.21. The van der Waals surface area contributed by atoms with Gasteiger partial charge in [-0.05, 0) is 29.5 Å². The van der Waals surface area contributed by atoms with Crippen LogP contribution in [0.4, 0.5) is 5.69 Å². The van der Waals surface area contributed by atoms with Gasteiger partial charge in [-0.1, -0.05) is 32.9 Å². The van der Waals surface area contributed by atoms with E-state index in [0.717, 1.165) is 12.0 Å². The van der Waals surface area contributed by atoms with Crippen molar-refractivity contribution >= 4 is 21.7 Å². The lowest BCUT2D eigenvalue weighted by Gasteiger charge is -2.18. The van der Waals surface area contributed by atoms with Gasteiger partial charge in [0.05, 0.1) is 0 Å². The third-order valence-electron chi connectivity index (χ3n) is 2.29. The largest absolute Gasteiger partial charge is 0.325 e. The fourth-order valence-electron chi connectivity index (χ4n) is 1.68. The van der Waals surface area contributed by atoms with Crippen molar-refractivity contribution in [2.24, 2.45) is 5.41 Å². The second kappa shape index (κ2) is 5.71. The first-order chi connectivity index (χ1) is 8.55. The summed E-state index contributed by atoms with van der Waals surface area (Å²) in [5.74, 6) is -1.69. The van der Waals surface area contributed by atoms with E-state index < -0.39 is 21.8 Å². The number of anilines is 1. The average molecular weight is 285 g/mol. The Morgan fingerprint density at radius 1 is 1.21 bits per heavy atom. The molecule has 0 heterocycles. The molecule has 0 aliphatic carbocycles. The maximum atomic E-state index is 11.3. The van der Waals surface area contributed by atoms with Gasteiger partial charge in [0.2, 0.25) is 5.91 Å². The van der Waals surface area contributed by atoms with Crippen LogP contribution in [0.3, 0.4) is 0 Å². The summed E-state index contributed by atoms with van der Waals surface area (Å²) in [6, 6.07) is 7.19. The van der Waals surface area contributed by atoms with E-state index in [1.165, 1.54) is 0 Å². The van der Waals surface area contributed by atoms with Gasteiger partial charge < -0.3 is 5.32 Å².